The molecule has 146 valence electrons. The van der Waals surface area contributed by atoms with E-state index in [1.807, 2.05) is 9.58 Å². The van der Waals surface area contributed by atoms with Gasteiger partial charge in [0.05, 0.1) is 17.9 Å². The molecule has 1 aromatic rings. The van der Waals surface area contributed by atoms with E-state index in [4.69, 9.17) is 0 Å². The molecule has 2 N–H and O–H groups in total. The van der Waals surface area contributed by atoms with E-state index >= 15 is 0 Å². The van der Waals surface area contributed by atoms with Crippen LogP contribution in [0.4, 0.5) is 4.79 Å². The van der Waals surface area contributed by atoms with Gasteiger partial charge in [-0.1, -0.05) is 6.92 Å². The van der Waals surface area contributed by atoms with Gasteiger partial charge in [-0.05, 0) is 38.9 Å². The Labute approximate surface area is 158 Å². The lowest BCUT2D eigenvalue weighted by Crippen LogP contribution is -2.60. The Kier molecular flexibility index (Phi) is 4.41. The van der Waals surface area contributed by atoms with Crippen LogP contribution in [0.1, 0.15) is 37.6 Å². The SMILES string of the molecule is CCN(C)Cc1cc2n(n1)CCCN(C(=O)C1CC3(C1)NC(=O)NC3=O)C2. The van der Waals surface area contributed by atoms with E-state index in [2.05, 4.69) is 40.7 Å². The number of hydrogen-bond acceptors (Lipinski definition) is 5. The Balaban J connectivity index is 1.41. The Bertz CT molecular complexity index is 782. The number of urea groups is 1. The first-order chi connectivity index (χ1) is 12.9. The van der Waals surface area contributed by atoms with Crippen molar-refractivity contribution in [2.75, 3.05) is 20.1 Å². The molecule has 0 atom stereocenters. The number of hydrogen-bond donors (Lipinski definition) is 2. The van der Waals surface area contributed by atoms with Crippen LogP contribution < -0.4 is 10.6 Å². The zero-order valence-electron chi connectivity index (χ0n) is 15.8. The Morgan fingerprint density at radius 3 is 2.81 bits per heavy atom. The molecule has 3 heterocycles. The van der Waals surface area contributed by atoms with Crippen LogP contribution in [0, 0.1) is 5.92 Å². The van der Waals surface area contributed by atoms with Crippen molar-refractivity contribution in [2.45, 2.75) is 51.4 Å². The van der Waals surface area contributed by atoms with E-state index in [9.17, 15) is 14.4 Å². The largest absolute Gasteiger partial charge is 0.337 e. The fourth-order valence-corrected chi connectivity index (χ4v) is 4.21. The first-order valence-electron chi connectivity index (χ1n) is 9.57. The normalized spacial score (nSPS) is 27.2. The molecular weight excluding hydrogens is 348 g/mol. The van der Waals surface area contributed by atoms with Gasteiger partial charge in [-0.2, -0.15) is 5.10 Å². The van der Waals surface area contributed by atoms with E-state index in [0.717, 1.165) is 37.4 Å². The highest BCUT2D eigenvalue weighted by molar-refractivity contribution is 6.08. The minimum Gasteiger partial charge on any atom is -0.337 e. The summed E-state index contributed by atoms with van der Waals surface area (Å²) < 4.78 is 2.01. The molecule has 9 nitrogen and oxygen atoms in total. The van der Waals surface area contributed by atoms with Gasteiger partial charge in [0.25, 0.3) is 5.91 Å². The average molecular weight is 374 g/mol. The molecule has 0 aromatic carbocycles. The van der Waals surface area contributed by atoms with Crippen LogP contribution in [-0.2, 0) is 29.2 Å². The van der Waals surface area contributed by atoms with Crippen molar-refractivity contribution in [1.82, 2.24) is 30.2 Å². The third kappa shape index (κ3) is 3.20. The highest BCUT2D eigenvalue weighted by Gasteiger charge is 2.57. The standard InChI is InChI=1S/C18H26N6O3/c1-3-22(2)10-13-7-14-11-23(5-4-6-24(14)21-13)15(25)12-8-18(9-12)16(26)19-17(27)20-18/h7,12H,3-6,8-11H2,1-2H3,(H2,19,20,26,27). The zero-order valence-corrected chi connectivity index (χ0v) is 15.8. The second kappa shape index (κ2) is 6.63. The number of nitrogens with zero attached hydrogens (tertiary/aromatic N) is 4. The number of aryl methyl sites for hydroxylation is 1. The van der Waals surface area contributed by atoms with Gasteiger partial charge in [0.1, 0.15) is 5.54 Å². The Hall–Kier alpha value is -2.42. The average Bonchev–Trinajstić information content (AvgIpc) is 3.04. The summed E-state index contributed by atoms with van der Waals surface area (Å²) in [5.74, 6) is -0.457. The predicted octanol–water partition coefficient (Wildman–Crippen LogP) is 0.0553. The van der Waals surface area contributed by atoms with Crippen LogP contribution in [0.25, 0.3) is 0 Å². The van der Waals surface area contributed by atoms with Gasteiger partial charge in [0.2, 0.25) is 5.91 Å². The van der Waals surface area contributed by atoms with Crippen molar-refractivity contribution >= 4 is 17.8 Å². The third-order valence-corrected chi connectivity index (χ3v) is 5.90. The van der Waals surface area contributed by atoms with E-state index in [-0.39, 0.29) is 17.7 Å². The van der Waals surface area contributed by atoms with Crippen molar-refractivity contribution in [3.05, 3.63) is 17.5 Å². The van der Waals surface area contributed by atoms with Crippen molar-refractivity contribution in [1.29, 1.82) is 0 Å². The summed E-state index contributed by atoms with van der Waals surface area (Å²) in [5.41, 5.74) is 1.21. The van der Waals surface area contributed by atoms with Gasteiger partial charge in [-0.15, -0.1) is 0 Å². The second-order valence-electron chi connectivity index (χ2n) is 7.89. The molecule has 0 bridgehead atoms. The molecule has 2 fully saturated rings. The minimum atomic E-state index is -0.872. The van der Waals surface area contributed by atoms with Crippen LogP contribution in [0.15, 0.2) is 6.07 Å². The van der Waals surface area contributed by atoms with Crippen LogP contribution in [0.2, 0.25) is 0 Å². The second-order valence-corrected chi connectivity index (χ2v) is 7.89. The number of fused-ring (bicyclic) bond motifs is 1. The lowest BCUT2D eigenvalue weighted by Gasteiger charge is -2.43. The Morgan fingerprint density at radius 1 is 1.37 bits per heavy atom. The maximum atomic E-state index is 12.9. The third-order valence-electron chi connectivity index (χ3n) is 5.90. The predicted molar refractivity (Wildman–Crippen MR) is 96.4 cm³/mol. The fourth-order valence-electron chi connectivity index (χ4n) is 4.21. The maximum absolute atomic E-state index is 12.9. The highest BCUT2D eigenvalue weighted by Crippen LogP contribution is 2.41. The van der Waals surface area contributed by atoms with Crippen LogP contribution in [-0.4, -0.2) is 63.1 Å². The molecule has 1 saturated heterocycles. The quantitative estimate of drug-likeness (QED) is 0.726. The molecule has 1 saturated carbocycles. The summed E-state index contributed by atoms with van der Waals surface area (Å²) in [4.78, 5) is 40.3. The smallest absolute Gasteiger partial charge is 0.322 e. The maximum Gasteiger partial charge on any atom is 0.322 e. The van der Waals surface area contributed by atoms with E-state index in [1.54, 1.807) is 0 Å². The molecule has 4 amide bonds. The monoisotopic (exact) mass is 374 g/mol. The summed E-state index contributed by atoms with van der Waals surface area (Å²) in [6.07, 6.45) is 1.62. The van der Waals surface area contributed by atoms with E-state index in [0.29, 0.717) is 25.9 Å². The van der Waals surface area contributed by atoms with Gasteiger partial charge in [0.15, 0.2) is 0 Å². The molecule has 1 spiro atoms. The highest BCUT2D eigenvalue weighted by atomic mass is 16.2. The molecule has 9 heteroatoms. The lowest BCUT2D eigenvalue weighted by atomic mass is 9.67. The summed E-state index contributed by atoms with van der Waals surface area (Å²) in [5, 5.41) is 9.62. The van der Waals surface area contributed by atoms with Crippen LogP contribution in [0.5, 0.6) is 0 Å². The molecule has 4 rings (SSSR count). The topological polar surface area (TPSA) is 99.6 Å². The van der Waals surface area contributed by atoms with E-state index in [1.165, 1.54) is 0 Å². The number of carbonyl (C=O) groups excluding carboxylic acids is 3. The minimum absolute atomic E-state index is 0.0662. The molecule has 1 aromatic heterocycles. The van der Waals surface area contributed by atoms with Gasteiger partial charge < -0.3 is 15.1 Å². The summed E-state index contributed by atoms with van der Waals surface area (Å²) >= 11 is 0. The molecule has 27 heavy (non-hydrogen) atoms. The fraction of sp³-hybridized carbons (Fsp3) is 0.667. The first-order valence-corrected chi connectivity index (χ1v) is 9.57. The molecular formula is C18H26N6O3. The number of rotatable bonds is 4. The van der Waals surface area contributed by atoms with Crippen molar-refractivity contribution in [3.63, 3.8) is 0 Å². The molecule has 3 aliphatic rings. The van der Waals surface area contributed by atoms with Crippen LogP contribution in [0.3, 0.4) is 0 Å². The molecule has 1 aliphatic carbocycles. The summed E-state index contributed by atoms with van der Waals surface area (Å²) in [6.45, 7) is 5.91. The molecule has 0 radical (unpaired) electrons. The van der Waals surface area contributed by atoms with Gasteiger partial charge in [-0.3, -0.25) is 19.6 Å². The summed E-state index contributed by atoms with van der Waals surface area (Å²) in [7, 11) is 2.06. The number of amides is 4. The van der Waals surface area contributed by atoms with Gasteiger partial charge >= 0.3 is 6.03 Å². The first kappa shape index (κ1) is 18.0. The van der Waals surface area contributed by atoms with Crippen LogP contribution >= 0.6 is 0 Å². The Morgan fingerprint density at radius 2 is 2.15 bits per heavy atom. The zero-order chi connectivity index (χ0) is 19.2. The van der Waals surface area contributed by atoms with E-state index < -0.39 is 11.6 Å². The number of nitrogens with one attached hydrogen (secondary N) is 2. The van der Waals surface area contributed by atoms with Gasteiger partial charge in [0, 0.05) is 25.6 Å². The van der Waals surface area contributed by atoms with Crippen molar-refractivity contribution in [3.8, 4) is 0 Å². The number of aromatic nitrogens is 2. The summed E-state index contributed by atoms with van der Waals surface area (Å²) in [6, 6.07) is 1.62. The lowest BCUT2D eigenvalue weighted by molar-refractivity contribution is -0.144. The molecule has 2 aliphatic heterocycles. The number of carbonyl (C=O) groups is 3. The van der Waals surface area contributed by atoms with Crippen molar-refractivity contribution in [2.24, 2.45) is 5.92 Å². The van der Waals surface area contributed by atoms with Crippen molar-refractivity contribution < 1.29 is 14.4 Å². The molecule has 0 unspecified atom stereocenters. The number of imide groups is 1. The van der Waals surface area contributed by atoms with Gasteiger partial charge in [-0.25, -0.2) is 4.79 Å².